The molecule has 1 aliphatic rings. The molecule has 4 rings (SSSR count). The minimum atomic E-state index is -0.399. The van der Waals surface area contributed by atoms with E-state index in [1.54, 1.807) is 12.5 Å². The molecule has 0 atom stereocenters. The molecule has 22 heavy (non-hydrogen) atoms. The van der Waals surface area contributed by atoms with Gasteiger partial charge in [-0.3, -0.25) is 0 Å². The predicted octanol–water partition coefficient (Wildman–Crippen LogP) is 2.68. The summed E-state index contributed by atoms with van der Waals surface area (Å²) in [5.41, 5.74) is 7.70. The zero-order valence-corrected chi connectivity index (χ0v) is 12.7. The number of rotatable bonds is 3. The molecule has 1 aromatic carbocycles. The second-order valence-electron chi connectivity index (χ2n) is 5.45. The molecule has 0 aliphatic heterocycles. The SMILES string of the molecule is Cl.NC1(c2noc(-c3cccc(-n4ccnc4)c3)n2)CCC1. The van der Waals surface area contributed by atoms with Gasteiger partial charge in [0.25, 0.3) is 5.89 Å². The van der Waals surface area contributed by atoms with Crippen molar-refractivity contribution in [2.45, 2.75) is 24.8 Å². The lowest BCUT2D eigenvalue weighted by atomic mass is 9.77. The molecule has 2 aromatic heterocycles. The second-order valence-corrected chi connectivity index (χ2v) is 5.45. The van der Waals surface area contributed by atoms with Crippen molar-refractivity contribution in [2.24, 2.45) is 5.73 Å². The highest BCUT2D eigenvalue weighted by Crippen LogP contribution is 2.37. The smallest absolute Gasteiger partial charge is 0.258 e. The topological polar surface area (TPSA) is 82.8 Å². The molecular formula is C15H16ClN5O. The first-order chi connectivity index (χ1) is 10.2. The van der Waals surface area contributed by atoms with E-state index in [2.05, 4.69) is 15.1 Å². The summed E-state index contributed by atoms with van der Waals surface area (Å²) in [4.78, 5) is 8.52. The first-order valence-electron chi connectivity index (χ1n) is 6.96. The maximum atomic E-state index is 6.23. The van der Waals surface area contributed by atoms with E-state index in [-0.39, 0.29) is 12.4 Å². The lowest BCUT2D eigenvalue weighted by Gasteiger charge is -2.34. The lowest BCUT2D eigenvalue weighted by molar-refractivity contribution is 0.229. The molecule has 6 nitrogen and oxygen atoms in total. The van der Waals surface area contributed by atoms with E-state index in [4.69, 9.17) is 10.3 Å². The van der Waals surface area contributed by atoms with Crippen molar-refractivity contribution in [3.05, 3.63) is 48.8 Å². The van der Waals surface area contributed by atoms with Crippen molar-refractivity contribution in [1.29, 1.82) is 0 Å². The van der Waals surface area contributed by atoms with Crippen LogP contribution in [0.5, 0.6) is 0 Å². The summed E-state index contributed by atoms with van der Waals surface area (Å²) in [6.45, 7) is 0. The molecule has 0 saturated heterocycles. The normalized spacial score (nSPS) is 15.9. The molecule has 2 N–H and O–H groups in total. The highest BCUT2D eigenvalue weighted by atomic mass is 35.5. The Bertz CT molecular complexity index is 764. The number of nitrogens with zero attached hydrogens (tertiary/aromatic N) is 4. The number of benzene rings is 1. The standard InChI is InChI=1S/C15H15N5O.ClH/c16-15(5-2-6-15)14-18-13(21-19-14)11-3-1-4-12(9-11)20-8-7-17-10-20;/h1,3-4,7-10H,2,5-6,16H2;1H. The lowest BCUT2D eigenvalue weighted by Crippen LogP contribution is -2.44. The Labute approximate surface area is 133 Å². The predicted molar refractivity (Wildman–Crippen MR) is 83.8 cm³/mol. The quantitative estimate of drug-likeness (QED) is 0.803. The van der Waals surface area contributed by atoms with Gasteiger partial charge in [-0.15, -0.1) is 12.4 Å². The summed E-state index contributed by atoms with van der Waals surface area (Å²) in [5, 5.41) is 4.05. The molecular weight excluding hydrogens is 302 g/mol. The zero-order valence-electron chi connectivity index (χ0n) is 11.8. The van der Waals surface area contributed by atoms with E-state index in [0.29, 0.717) is 11.7 Å². The van der Waals surface area contributed by atoms with E-state index < -0.39 is 5.54 Å². The summed E-state index contributed by atoms with van der Waals surface area (Å²) in [5.74, 6) is 1.11. The fourth-order valence-electron chi connectivity index (χ4n) is 2.54. The van der Waals surface area contributed by atoms with E-state index in [9.17, 15) is 0 Å². The van der Waals surface area contributed by atoms with Crippen molar-refractivity contribution in [3.63, 3.8) is 0 Å². The highest BCUT2D eigenvalue weighted by molar-refractivity contribution is 5.85. The maximum absolute atomic E-state index is 6.23. The van der Waals surface area contributed by atoms with Gasteiger partial charge in [0.1, 0.15) is 0 Å². The summed E-state index contributed by atoms with van der Waals surface area (Å²) < 4.78 is 7.31. The Morgan fingerprint density at radius 1 is 1.27 bits per heavy atom. The van der Waals surface area contributed by atoms with Crippen LogP contribution in [0, 0.1) is 0 Å². The second kappa shape index (κ2) is 5.55. The molecule has 0 bridgehead atoms. The number of imidazole rings is 1. The van der Waals surface area contributed by atoms with E-state index in [0.717, 1.165) is 30.5 Å². The van der Waals surface area contributed by atoms with Crippen LogP contribution in [-0.2, 0) is 5.54 Å². The van der Waals surface area contributed by atoms with Gasteiger partial charge in [-0.2, -0.15) is 4.98 Å². The summed E-state index contributed by atoms with van der Waals surface area (Å²) in [7, 11) is 0. The fraction of sp³-hybridized carbons (Fsp3) is 0.267. The van der Waals surface area contributed by atoms with Gasteiger partial charge in [-0.05, 0) is 37.5 Å². The van der Waals surface area contributed by atoms with Gasteiger partial charge in [-0.1, -0.05) is 11.2 Å². The van der Waals surface area contributed by atoms with Gasteiger partial charge in [-0.25, -0.2) is 4.98 Å². The molecule has 7 heteroatoms. The first-order valence-corrected chi connectivity index (χ1v) is 6.96. The van der Waals surface area contributed by atoms with Crippen LogP contribution in [-0.4, -0.2) is 19.7 Å². The van der Waals surface area contributed by atoms with Crippen LogP contribution in [0.2, 0.25) is 0 Å². The number of halogens is 1. The van der Waals surface area contributed by atoms with Gasteiger partial charge in [0.2, 0.25) is 0 Å². The van der Waals surface area contributed by atoms with Crippen LogP contribution >= 0.6 is 12.4 Å². The molecule has 0 radical (unpaired) electrons. The van der Waals surface area contributed by atoms with E-state index in [1.807, 2.05) is 35.0 Å². The van der Waals surface area contributed by atoms with Crippen molar-refractivity contribution in [3.8, 4) is 17.1 Å². The van der Waals surface area contributed by atoms with Crippen LogP contribution in [0.3, 0.4) is 0 Å². The van der Waals surface area contributed by atoms with Crippen LogP contribution < -0.4 is 5.73 Å². The van der Waals surface area contributed by atoms with Gasteiger partial charge in [0.15, 0.2) is 5.82 Å². The number of hydrogen-bond donors (Lipinski definition) is 1. The van der Waals surface area contributed by atoms with Gasteiger partial charge >= 0.3 is 0 Å². The molecule has 114 valence electrons. The Balaban J connectivity index is 0.00000144. The third kappa shape index (κ3) is 2.40. The third-order valence-electron chi connectivity index (χ3n) is 4.01. The molecule has 2 heterocycles. The van der Waals surface area contributed by atoms with Crippen molar-refractivity contribution < 1.29 is 4.52 Å². The Hall–Kier alpha value is -2.18. The first kappa shape index (κ1) is 14.7. The van der Waals surface area contributed by atoms with Gasteiger partial charge in [0.05, 0.1) is 11.9 Å². The highest BCUT2D eigenvalue weighted by Gasteiger charge is 2.39. The minimum Gasteiger partial charge on any atom is -0.334 e. The number of hydrogen-bond acceptors (Lipinski definition) is 5. The Morgan fingerprint density at radius 3 is 2.82 bits per heavy atom. The van der Waals surface area contributed by atoms with E-state index >= 15 is 0 Å². The molecule has 1 fully saturated rings. The van der Waals surface area contributed by atoms with Crippen molar-refractivity contribution in [1.82, 2.24) is 19.7 Å². The summed E-state index contributed by atoms with van der Waals surface area (Å²) in [6, 6.07) is 7.89. The van der Waals surface area contributed by atoms with Crippen molar-refractivity contribution in [2.75, 3.05) is 0 Å². The van der Waals surface area contributed by atoms with Crippen LogP contribution in [0.1, 0.15) is 25.1 Å². The molecule has 1 saturated carbocycles. The van der Waals surface area contributed by atoms with Gasteiger partial charge < -0.3 is 14.8 Å². The molecule has 0 spiro atoms. The molecule has 3 aromatic rings. The number of nitrogens with two attached hydrogens (primary N) is 1. The fourth-order valence-corrected chi connectivity index (χ4v) is 2.54. The zero-order chi connectivity index (χ0) is 14.3. The number of aromatic nitrogens is 4. The average molecular weight is 318 g/mol. The Kier molecular flexibility index (Phi) is 3.72. The van der Waals surface area contributed by atoms with Crippen LogP contribution in [0.4, 0.5) is 0 Å². The molecule has 0 unspecified atom stereocenters. The monoisotopic (exact) mass is 317 g/mol. The third-order valence-corrected chi connectivity index (χ3v) is 4.01. The molecule has 1 aliphatic carbocycles. The summed E-state index contributed by atoms with van der Waals surface area (Å²) in [6.07, 6.45) is 8.34. The van der Waals surface area contributed by atoms with Crippen molar-refractivity contribution >= 4 is 12.4 Å². The van der Waals surface area contributed by atoms with Crippen LogP contribution in [0.15, 0.2) is 47.5 Å². The Morgan fingerprint density at radius 2 is 2.14 bits per heavy atom. The molecule has 0 amide bonds. The van der Waals surface area contributed by atoms with Gasteiger partial charge in [0, 0.05) is 23.6 Å². The largest absolute Gasteiger partial charge is 0.334 e. The maximum Gasteiger partial charge on any atom is 0.258 e. The minimum absolute atomic E-state index is 0. The van der Waals surface area contributed by atoms with Crippen LogP contribution in [0.25, 0.3) is 17.1 Å². The van der Waals surface area contributed by atoms with E-state index in [1.165, 1.54) is 0 Å². The summed E-state index contributed by atoms with van der Waals surface area (Å²) >= 11 is 0. The average Bonchev–Trinajstić information content (AvgIpc) is 3.16.